The molecule has 10 aromatic rings. The van der Waals surface area contributed by atoms with E-state index in [0.29, 0.717) is 0 Å². The maximum absolute atomic E-state index is 2.45. The van der Waals surface area contributed by atoms with Crippen molar-refractivity contribution < 1.29 is 0 Å². The number of anilines is 3. The van der Waals surface area contributed by atoms with E-state index >= 15 is 0 Å². The number of hydrogen-bond acceptors (Lipinski definition) is 1. The summed E-state index contributed by atoms with van der Waals surface area (Å²) >= 11 is 0. The Morgan fingerprint density at radius 2 is 0.911 bits per heavy atom. The fourth-order valence-corrected chi connectivity index (χ4v) is 9.45. The van der Waals surface area contributed by atoms with Crippen molar-refractivity contribution in [2.45, 2.75) is 19.3 Å². The maximum Gasteiger partial charge on any atom is 0.0540 e. The largest absolute Gasteiger partial charge is 0.310 e. The van der Waals surface area contributed by atoms with E-state index in [4.69, 9.17) is 0 Å². The van der Waals surface area contributed by atoms with Gasteiger partial charge in [-0.3, -0.25) is 0 Å². The van der Waals surface area contributed by atoms with Crippen molar-refractivity contribution in [3.8, 4) is 33.4 Å². The molecular formula is C55H39N. The molecule has 0 amide bonds. The van der Waals surface area contributed by atoms with Crippen LogP contribution in [0.2, 0.25) is 0 Å². The summed E-state index contributed by atoms with van der Waals surface area (Å²) in [5, 5.41) is 10.2. The summed E-state index contributed by atoms with van der Waals surface area (Å²) in [6, 6.07) is 74.0. The topological polar surface area (TPSA) is 3.24 Å². The Hall–Kier alpha value is -6.96. The predicted octanol–water partition coefficient (Wildman–Crippen LogP) is 15.4. The minimum atomic E-state index is -0.0585. The molecule has 0 fully saturated rings. The SMILES string of the molecule is CC1(C)c2ccccc2-c2cc(N(c3ccc(-c4ccc5c(ccc6ccc7ccccc7c65)c4)cc3)c3ccccc3-c3cccc4ccccc34)ccc21. The highest BCUT2D eigenvalue weighted by molar-refractivity contribution is 6.20. The van der Waals surface area contributed by atoms with Gasteiger partial charge in [0.15, 0.2) is 0 Å². The van der Waals surface area contributed by atoms with Gasteiger partial charge in [-0.05, 0) is 118 Å². The minimum Gasteiger partial charge on any atom is -0.310 e. The van der Waals surface area contributed by atoms with E-state index in [9.17, 15) is 0 Å². The average molecular weight is 714 g/mol. The molecule has 0 heterocycles. The van der Waals surface area contributed by atoms with Crippen molar-refractivity contribution in [1.82, 2.24) is 0 Å². The summed E-state index contributed by atoms with van der Waals surface area (Å²) in [4.78, 5) is 2.45. The number of benzene rings is 10. The predicted molar refractivity (Wildman–Crippen MR) is 240 cm³/mol. The van der Waals surface area contributed by atoms with Crippen LogP contribution in [0.25, 0.3) is 76.5 Å². The fourth-order valence-electron chi connectivity index (χ4n) is 9.45. The van der Waals surface area contributed by atoms with Crippen LogP contribution < -0.4 is 4.90 Å². The molecule has 0 saturated carbocycles. The highest BCUT2D eigenvalue weighted by Gasteiger charge is 2.35. The van der Waals surface area contributed by atoms with Crippen LogP contribution in [-0.4, -0.2) is 0 Å². The first-order valence-electron chi connectivity index (χ1n) is 19.6. The normalized spacial score (nSPS) is 13.0. The molecule has 0 radical (unpaired) electrons. The van der Waals surface area contributed by atoms with E-state index in [1.165, 1.54) is 87.6 Å². The Kier molecular flexibility index (Phi) is 7.28. The Morgan fingerprint density at radius 3 is 1.75 bits per heavy atom. The van der Waals surface area contributed by atoms with Crippen LogP contribution in [0, 0.1) is 0 Å². The number of para-hydroxylation sites is 1. The highest BCUT2D eigenvalue weighted by Crippen LogP contribution is 2.51. The highest BCUT2D eigenvalue weighted by atomic mass is 15.1. The second kappa shape index (κ2) is 12.5. The molecule has 10 aromatic carbocycles. The molecule has 264 valence electrons. The third-order valence-electron chi connectivity index (χ3n) is 12.2. The van der Waals surface area contributed by atoms with Gasteiger partial charge in [0.2, 0.25) is 0 Å². The third kappa shape index (κ3) is 5.01. The van der Waals surface area contributed by atoms with Crippen molar-refractivity contribution in [3.63, 3.8) is 0 Å². The van der Waals surface area contributed by atoms with Crippen LogP contribution in [0.3, 0.4) is 0 Å². The lowest BCUT2D eigenvalue weighted by molar-refractivity contribution is 0.660. The monoisotopic (exact) mass is 713 g/mol. The molecule has 0 N–H and O–H groups in total. The Bertz CT molecular complexity index is 3160. The lowest BCUT2D eigenvalue weighted by Crippen LogP contribution is -2.15. The van der Waals surface area contributed by atoms with Crippen LogP contribution in [0.15, 0.2) is 200 Å². The number of fused-ring (bicyclic) bond motifs is 9. The van der Waals surface area contributed by atoms with Crippen molar-refractivity contribution in [3.05, 3.63) is 211 Å². The number of hydrogen-bond donors (Lipinski definition) is 0. The summed E-state index contributed by atoms with van der Waals surface area (Å²) in [6.45, 7) is 4.70. The standard InChI is InChI=1S/C55H39N/c1-55(2)51-20-9-7-17-48(51)50-35-43(31-33-52(50)55)56(53-21-10-8-18-49(53)47-19-11-14-37-12-3-5-15-44(37)47)42-29-26-36(27-30-42)40-28-32-46-41(34-40)25-24-39-23-22-38-13-4-6-16-45(38)54(39)46/h3-35H,1-2H3. The maximum atomic E-state index is 2.45. The van der Waals surface area contributed by atoms with Crippen LogP contribution in [0.1, 0.15) is 25.0 Å². The molecule has 0 atom stereocenters. The van der Waals surface area contributed by atoms with Gasteiger partial charge >= 0.3 is 0 Å². The van der Waals surface area contributed by atoms with Gasteiger partial charge in [0.1, 0.15) is 0 Å². The molecule has 56 heavy (non-hydrogen) atoms. The Balaban J connectivity index is 1.07. The van der Waals surface area contributed by atoms with Gasteiger partial charge in [-0.2, -0.15) is 0 Å². The van der Waals surface area contributed by atoms with E-state index < -0.39 is 0 Å². The van der Waals surface area contributed by atoms with E-state index in [1.807, 2.05) is 0 Å². The molecule has 1 aliphatic carbocycles. The minimum absolute atomic E-state index is 0.0585. The zero-order valence-electron chi connectivity index (χ0n) is 31.5. The van der Waals surface area contributed by atoms with Gasteiger partial charge < -0.3 is 4.90 Å². The summed E-state index contributed by atoms with van der Waals surface area (Å²) in [7, 11) is 0. The third-order valence-corrected chi connectivity index (χ3v) is 12.2. The van der Waals surface area contributed by atoms with Crippen molar-refractivity contribution in [1.29, 1.82) is 0 Å². The second-order valence-corrected chi connectivity index (χ2v) is 15.7. The molecule has 11 rings (SSSR count). The van der Waals surface area contributed by atoms with Crippen LogP contribution in [0.5, 0.6) is 0 Å². The zero-order chi connectivity index (χ0) is 37.4. The molecule has 1 nitrogen and oxygen atoms in total. The summed E-state index contributed by atoms with van der Waals surface area (Å²) in [5.41, 5.74) is 13.6. The lowest BCUT2D eigenvalue weighted by atomic mass is 9.82. The molecule has 1 heteroatoms. The van der Waals surface area contributed by atoms with E-state index in [0.717, 1.165) is 17.1 Å². The molecule has 1 aliphatic rings. The zero-order valence-corrected chi connectivity index (χ0v) is 31.5. The van der Waals surface area contributed by atoms with Crippen LogP contribution in [-0.2, 0) is 5.41 Å². The van der Waals surface area contributed by atoms with E-state index in [1.54, 1.807) is 0 Å². The van der Waals surface area contributed by atoms with E-state index in [2.05, 4.69) is 219 Å². The summed E-state index contributed by atoms with van der Waals surface area (Å²) in [6.07, 6.45) is 0. The lowest BCUT2D eigenvalue weighted by Gasteiger charge is -2.29. The fraction of sp³-hybridized carbons (Fsp3) is 0.0545. The van der Waals surface area contributed by atoms with E-state index in [-0.39, 0.29) is 5.41 Å². The Labute approximate surface area is 327 Å². The first kappa shape index (κ1) is 32.5. The summed E-state index contributed by atoms with van der Waals surface area (Å²) < 4.78 is 0. The first-order chi connectivity index (χ1) is 27.5. The quantitative estimate of drug-likeness (QED) is 0.161. The molecule has 0 bridgehead atoms. The average Bonchev–Trinajstić information content (AvgIpc) is 3.48. The first-order valence-corrected chi connectivity index (χ1v) is 19.6. The second-order valence-electron chi connectivity index (χ2n) is 15.7. The summed E-state index contributed by atoms with van der Waals surface area (Å²) in [5.74, 6) is 0. The number of rotatable bonds is 5. The van der Waals surface area contributed by atoms with Gasteiger partial charge in [0, 0.05) is 22.4 Å². The Morgan fingerprint density at radius 1 is 0.339 bits per heavy atom. The molecule has 0 saturated heterocycles. The van der Waals surface area contributed by atoms with Gasteiger partial charge in [-0.25, -0.2) is 0 Å². The van der Waals surface area contributed by atoms with Gasteiger partial charge in [0.25, 0.3) is 0 Å². The molecule has 0 aliphatic heterocycles. The smallest absolute Gasteiger partial charge is 0.0540 e. The van der Waals surface area contributed by atoms with Crippen molar-refractivity contribution in [2.24, 2.45) is 0 Å². The molecule has 0 spiro atoms. The van der Waals surface area contributed by atoms with Crippen molar-refractivity contribution >= 4 is 60.2 Å². The number of nitrogens with zero attached hydrogens (tertiary/aromatic N) is 1. The van der Waals surface area contributed by atoms with Crippen molar-refractivity contribution in [2.75, 3.05) is 4.90 Å². The molecular weight excluding hydrogens is 675 g/mol. The van der Waals surface area contributed by atoms with Crippen LogP contribution >= 0.6 is 0 Å². The van der Waals surface area contributed by atoms with Gasteiger partial charge in [-0.15, -0.1) is 0 Å². The van der Waals surface area contributed by atoms with Gasteiger partial charge in [0.05, 0.1) is 5.69 Å². The van der Waals surface area contributed by atoms with Gasteiger partial charge in [-0.1, -0.05) is 178 Å². The van der Waals surface area contributed by atoms with Crippen LogP contribution in [0.4, 0.5) is 17.1 Å². The molecule has 0 unspecified atom stereocenters. The molecule has 0 aromatic heterocycles.